The van der Waals surface area contributed by atoms with Gasteiger partial charge < -0.3 is 5.32 Å². The molecule has 0 aliphatic heterocycles. The Morgan fingerprint density at radius 3 is 2.56 bits per heavy atom. The maximum atomic E-state index is 12.5. The van der Waals surface area contributed by atoms with Gasteiger partial charge in [0, 0.05) is 17.0 Å². The molecule has 1 heterocycles. The van der Waals surface area contributed by atoms with E-state index in [9.17, 15) is 9.59 Å². The van der Waals surface area contributed by atoms with Gasteiger partial charge in [-0.25, -0.2) is 0 Å². The lowest BCUT2D eigenvalue weighted by atomic mass is 9.92. The number of aryl methyl sites for hydroxylation is 1. The number of hydrogen-bond acceptors (Lipinski definition) is 6. The van der Waals surface area contributed by atoms with Crippen molar-refractivity contribution in [2.45, 2.75) is 57.6 Å². The second-order valence-electron chi connectivity index (χ2n) is 7.44. The molecule has 0 spiro atoms. The Morgan fingerprint density at radius 1 is 1.22 bits per heavy atom. The number of nitrogens with zero attached hydrogens (tertiary/aromatic N) is 2. The molecule has 1 unspecified atom stereocenters. The van der Waals surface area contributed by atoms with E-state index in [0.717, 1.165) is 15.6 Å². The van der Waals surface area contributed by atoms with Gasteiger partial charge in [0.1, 0.15) is 5.01 Å². The lowest BCUT2D eigenvalue weighted by Crippen LogP contribution is -2.24. The molecular formula is C19H26N4O2S2. The third-order valence-corrected chi connectivity index (χ3v) is 5.62. The maximum absolute atomic E-state index is 12.5. The molecule has 0 aliphatic rings. The SMILES string of the molecule is CCC(Sc1cccc(NC(=O)CC(C)(C)C)c1)C(=O)Nc1nnc(C)s1. The monoisotopic (exact) mass is 406 g/mol. The summed E-state index contributed by atoms with van der Waals surface area (Å²) in [5.74, 6) is -0.109. The number of amides is 2. The van der Waals surface area contributed by atoms with Crippen molar-refractivity contribution in [3.05, 3.63) is 29.3 Å². The van der Waals surface area contributed by atoms with Crippen LogP contribution < -0.4 is 10.6 Å². The predicted molar refractivity (Wildman–Crippen MR) is 112 cm³/mol. The summed E-state index contributed by atoms with van der Waals surface area (Å²) in [4.78, 5) is 25.6. The molecule has 0 saturated heterocycles. The van der Waals surface area contributed by atoms with Crippen molar-refractivity contribution in [1.29, 1.82) is 0 Å². The van der Waals surface area contributed by atoms with Crippen LogP contribution in [0.25, 0.3) is 0 Å². The van der Waals surface area contributed by atoms with Crippen molar-refractivity contribution in [2.24, 2.45) is 5.41 Å². The van der Waals surface area contributed by atoms with Crippen LogP contribution in [0.4, 0.5) is 10.8 Å². The van der Waals surface area contributed by atoms with Gasteiger partial charge in [-0.1, -0.05) is 45.1 Å². The molecule has 2 rings (SSSR count). The molecule has 27 heavy (non-hydrogen) atoms. The van der Waals surface area contributed by atoms with Gasteiger partial charge in [0.05, 0.1) is 5.25 Å². The summed E-state index contributed by atoms with van der Waals surface area (Å²) < 4.78 is 0. The Bertz CT molecular complexity index is 799. The standard InChI is InChI=1S/C19H26N4O2S2/c1-6-15(17(25)21-18-23-22-12(2)26-18)27-14-9-7-8-13(10-14)20-16(24)11-19(3,4)5/h7-10,15H,6,11H2,1-5H3,(H,20,24)(H,21,23,25). The van der Waals surface area contributed by atoms with Gasteiger partial charge in [0.25, 0.3) is 0 Å². The van der Waals surface area contributed by atoms with Crippen molar-refractivity contribution in [2.75, 3.05) is 10.6 Å². The molecule has 0 aliphatic carbocycles. The van der Waals surface area contributed by atoms with Crippen molar-refractivity contribution in [3.8, 4) is 0 Å². The Balaban J connectivity index is 2.00. The minimum absolute atomic E-state index is 0.0129. The number of carbonyl (C=O) groups is 2. The molecule has 0 fully saturated rings. The number of rotatable bonds is 7. The van der Waals surface area contributed by atoms with E-state index in [0.29, 0.717) is 18.0 Å². The lowest BCUT2D eigenvalue weighted by molar-refractivity contribution is -0.118. The second kappa shape index (κ2) is 9.32. The van der Waals surface area contributed by atoms with Crippen molar-refractivity contribution in [3.63, 3.8) is 0 Å². The highest BCUT2D eigenvalue weighted by atomic mass is 32.2. The Morgan fingerprint density at radius 2 is 1.96 bits per heavy atom. The average Bonchev–Trinajstić information content (AvgIpc) is 2.95. The number of nitrogens with one attached hydrogen (secondary N) is 2. The average molecular weight is 407 g/mol. The first kappa shape index (κ1) is 21.4. The fourth-order valence-corrected chi connectivity index (χ4v) is 3.96. The fourth-order valence-electron chi connectivity index (χ4n) is 2.35. The number of carbonyl (C=O) groups excluding carboxylic acids is 2. The first-order valence-electron chi connectivity index (χ1n) is 8.84. The molecule has 2 aromatic rings. The first-order chi connectivity index (χ1) is 12.7. The van der Waals surface area contributed by atoms with Gasteiger partial charge in [-0.2, -0.15) is 0 Å². The molecule has 8 heteroatoms. The van der Waals surface area contributed by atoms with Crippen LogP contribution in [0.3, 0.4) is 0 Å². The van der Waals surface area contributed by atoms with E-state index < -0.39 is 0 Å². The molecule has 6 nitrogen and oxygen atoms in total. The van der Waals surface area contributed by atoms with Crippen LogP contribution in [-0.4, -0.2) is 27.3 Å². The summed E-state index contributed by atoms with van der Waals surface area (Å²) in [6.45, 7) is 9.91. The van der Waals surface area contributed by atoms with Crippen molar-refractivity contribution < 1.29 is 9.59 Å². The minimum Gasteiger partial charge on any atom is -0.326 e. The van der Waals surface area contributed by atoms with Crippen LogP contribution in [0.1, 0.15) is 45.5 Å². The Kier molecular flexibility index (Phi) is 7.38. The van der Waals surface area contributed by atoms with E-state index >= 15 is 0 Å². The maximum Gasteiger partial charge on any atom is 0.239 e. The molecule has 2 N–H and O–H groups in total. The zero-order chi connectivity index (χ0) is 20.0. The summed E-state index contributed by atoms with van der Waals surface area (Å²) in [5, 5.41) is 14.7. The molecule has 1 aromatic heterocycles. The second-order valence-corrected chi connectivity index (χ2v) is 9.90. The number of hydrogen-bond donors (Lipinski definition) is 2. The normalized spacial score (nSPS) is 12.5. The number of anilines is 2. The molecule has 1 aromatic carbocycles. The summed E-state index contributed by atoms with van der Waals surface area (Å²) in [6, 6.07) is 7.58. The van der Waals surface area contributed by atoms with Crippen molar-refractivity contribution in [1.82, 2.24) is 10.2 Å². The highest BCUT2D eigenvalue weighted by molar-refractivity contribution is 8.00. The van der Waals surface area contributed by atoms with Gasteiger partial charge in [0.2, 0.25) is 16.9 Å². The van der Waals surface area contributed by atoms with Crippen LogP contribution in [0, 0.1) is 12.3 Å². The number of aromatic nitrogens is 2. The number of benzene rings is 1. The van der Waals surface area contributed by atoms with Gasteiger partial charge in [-0.05, 0) is 37.0 Å². The van der Waals surface area contributed by atoms with Crippen LogP contribution in [0.2, 0.25) is 0 Å². The zero-order valence-corrected chi connectivity index (χ0v) is 18.0. The number of thioether (sulfide) groups is 1. The van der Waals surface area contributed by atoms with Crippen LogP contribution >= 0.6 is 23.1 Å². The molecule has 0 saturated carbocycles. The van der Waals surface area contributed by atoms with Crippen LogP contribution in [-0.2, 0) is 9.59 Å². The molecule has 0 bridgehead atoms. The zero-order valence-electron chi connectivity index (χ0n) is 16.3. The summed E-state index contributed by atoms with van der Waals surface area (Å²) >= 11 is 2.82. The molecule has 1 atom stereocenters. The highest BCUT2D eigenvalue weighted by Gasteiger charge is 2.20. The van der Waals surface area contributed by atoms with E-state index in [4.69, 9.17) is 0 Å². The Hall–Kier alpha value is -1.93. The third-order valence-electron chi connectivity index (χ3n) is 3.51. The third kappa shape index (κ3) is 7.30. The van der Waals surface area contributed by atoms with E-state index in [2.05, 4.69) is 20.8 Å². The minimum atomic E-state index is -0.255. The van der Waals surface area contributed by atoms with Gasteiger partial charge >= 0.3 is 0 Å². The quantitative estimate of drug-likeness (QED) is 0.649. The van der Waals surface area contributed by atoms with Crippen molar-refractivity contribution >= 4 is 45.7 Å². The molecule has 146 valence electrons. The lowest BCUT2D eigenvalue weighted by Gasteiger charge is -2.18. The summed E-state index contributed by atoms with van der Waals surface area (Å²) in [7, 11) is 0. The molecule has 2 amide bonds. The Labute approximate surface area is 168 Å². The van der Waals surface area contributed by atoms with Crippen LogP contribution in [0.15, 0.2) is 29.2 Å². The summed E-state index contributed by atoms with van der Waals surface area (Å²) in [6.07, 6.45) is 1.13. The van der Waals surface area contributed by atoms with Crippen LogP contribution in [0.5, 0.6) is 0 Å². The van der Waals surface area contributed by atoms with Gasteiger partial charge in [-0.15, -0.1) is 22.0 Å². The topological polar surface area (TPSA) is 84.0 Å². The van der Waals surface area contributed by atoms with Gasteiger partial charge in [-0.3, -0.25) is 14.9 Å². The first-order valence-corrected chi connectivity index (χ1v) is 10.5. The largest absolute Gasteiger partial charge is 0.326 e. The highest BCUT2D eigenvalue weighted by Crippen LogP contribution is 2.29. The van der Waals surface area contributed by atoms with E-state index in [-0.39, 0.29) is 22.5 Å². The predicted octanol–water partition coefficient (Wildman–Crippen LogP) is 4.73. The van der Waals surface area contributed by atoms with E-state index in [1.807, 2.05) is 58.9 Å². The smallest absolute Gasteiger partial charge is 0.239 e. The molecule has 0 radical (unpaired) electrons. The summed E-state index contributed by atoms with van der Waals surface area (Å²) in [5.41, 5.74) is 0.675. The van der Waals surface area contributed by atoms with E-state index in [1.54, 1.807) is 0 Å². The fraction of sp³-hybridized carbons (Fsp3) is 0.474. The van der Waals surface area contributed by atoms with Gasteiger partial charge in [0.15, 0.2) is 0 Å². The molecular weight excluding hydrogens is 380 g/mol. The van der Waals surface area contributed by atoms with E-state index in [1.165, 1.54) is 23.1 Å².